The lowest BCUT2D eigenvalue weighted by Crippen LogP contribution is -2.40. The second-order valence-electron chi connectivity index (χ2n) is 6.04. The van der Waals surface area contributed by atoms with E-state index in [9.17, 15) is 4.79 Å². The van der Waals surface area contributed by atoms with Gasteiger partial charge in [-0.15, -0.1) is 24.8 Å². The first-order valence-corrected chi connectivity index (χ1v) is 8.70. The number of hydrogen-bond acceptors (Lipinski definition) is 4. The maximum absolute atomic E-state index is 12.4. The van der Waals surface area contributed by atoms with E-state index in [1.165, 1.54) is 0 Å². The molecule has 2 heterocycles. The molecule has 1 aliphatic heterocycles. The molecule has 144 valence electrons. The van der Waals surface area contributed by atoms with Gasteiger partial charge in [0.25, 0.3) is 0 Å². The van der Waals surface area contributed by atoms with Crippen LogP contribution in [0.1, 0.15) is 25.2 Å². The van der Waals surface area contributed by atoms with Crippen LogP contribution in [0.15, 0.2) is 34.9 Å². The van der Waals surface area contributed by atoms with Crippen LogP contribution in [0.25, 0.3) is 11.3 Å². The summed E-state index contributed by atoms with van der Waals surface area (Å²) in [5, 5.41) is 3.79. The smallest absolute Gasteiger partial charge is 0.223 e. The number of nitrogens with one attached hydrogen (secondary N) is 1. The second kappa shape index (κ2) is 10.8. The predicted molar refractivity (Wildman–Crippen MR) is 108 cm³/mol. The molecule has 0 radical (unpaired) electrons. The summed E-state index contributed by atoms with van der Waals surface area (Å²) in [7, 11) is 1.92. The summed E-state index contributed by atoms with van der Waals surface area (Å²) < 4.78 is 5.76. The van der Waals surface area contributed by atoms with Crippen LogP contribution in [-0.2, 0) is 11.2 Å². The fourth-order valence-electron chi connectivity index (χ4n) is 3.18. The molecule has 0 spiro atoms. The van der Waals surface area contributed by atoms with E-state index >= 15 is 0 Å². The number of halogens is 3. The molecule has 0 saturated carbocycles. The fourth-order valence-corrected chi connectivity index (χ4v) is 3.41. The van der Waals surface area contributed by atoms with Crippen molar-refractivity contribution in [2.75, 3.05) is 20.1 Å². The van der Waals surface area contributed by atoms with E-state index in [1.807, 2.05) is 36.2 Å². The summed E-state index contributed by atoms with van der Waals surface area (Å²) in [4.78, 5) is 18.7. The van der Waals surface area contributed by atoms with Crippen LogP contribution in [0.5, 0.6) is 0 Å². The van der Waals surface area contributed by atoms with Crippen molar-refractivity contribution < 1.29 is 9.21 Å². The Morgan fingerprint density at radius 3 is 2.88 bits per heavy atom. The van der Waals surface area contributed by atoms with Gasteiger partial charge in [0.2, 0.25) is 5.91 Å². The fraction of sp³-hybridized carbons (Fsp3) is 0.444. The maximum Gasteiger partial charge on any atom is 0.223 e. The largest absolute Gasteiger partial charge is 0.441 e. The van der Waals surface area contributed by atoms with Gasteiger partial charge in [-0.3, -0.25) is 4.79 Å². The molecule has 8 heteroatoms. The number of likely N-dealkylation sites (N-methyl/N-ethyl adjacent to an activating group) is 1. The lowest BCUT2D eigenvalue weighted by molar-refractivity contribution is -0.131. The normalized spacial score (nSPS) is 16.1. The van der Waals surface area contributed by atoms with E-state index in [-0.39, 0.29) is 30.7 Å². The summed E-state index contributed by atoms with van der Waals surface area (Å²) in [6.07, 6.45) is 4.74. The van der Waals surface area contributed by atoms with Crippen LogP contribution in [0.4, 0.5) is 0 Å². The van der Waals surface area contributed by atoms with Crippen LogP contribution in [0, 0.1) is 0 Å². The van der Waals surface area contributed by atoms with Crippen LogP contribution in [-0.4, -0.2) is 42.0 Å². The number of benzene rings is 1. The van der Waals surface area contributed by atoms with Crippen molar-refractivity contribution in [3.63, 3.8) is 0 Å². The van der Waals surface area contributed by atoms with Gasteiger partial charge >= 0.3 is 0 Å². The van der Waals surface area contributed by atoms with Crippen molar-refractivity contribution in [1.29, 1.82) is 0 Å². The second-order valence-corrected chi connectivity index (χ2v) is 6.45. The van der Waals surface area contributed by atoms with Gasteiger partial charge in [-0.1, -0.05) is 23.7 Å². The Kier molecular flexibility index (Phi) is 9.44. The van der Waals surface area contributed by atoms with Crippen LogP contribution >= 0.6 is 36.4 Å². The molecule has 26 heavy (non-hydrogen) atoms. The quantitative estimate of drug-likeness (QED) is 0.768. The molecule has 1 atom stereocenters. The summed E-state index contributed by atoms with van der Waals surface area (Å²) in [5.41, 5.74) is 0.817. The number of hydrogen-bond donors (Lipinski definition) is 1. The van der Waals surface area contributed by atoms with E-state index in [2.05, 4.69) is 10.3 Å². The van der Waals surface area contributed by atoms with E-state index < -0.39 is 0 Å². The first-order valence-electron chi connectivity index (χ1n) is 8.32. The molecular weight excluding hydrogens is 397 g/mol. The Bertz CT molecular complexity index is 708. The van der Waals surface area contributed by atoms with Gasteiger partial charge in [-0.05, 0) is 32.0 Å². The highest BCUT2D eigenvalue weighted by atomic mass is 35.5. The van der Waals surface area contributed by atoms with Gasteiger partial charge in [-0.2, -0.15) is 0 Å². The van der Waals surface area contributed by atoms with Gasteiger partial charge in [0.1, 0.15) is 0 Å². The average molecular weight is 421 g/mol. The maximum atomic E-state index is 12.4. The van der Waals surface area contributed by atoms with Crippen LogP contribution in [0.2, 0.25) is 5.02 Å². The van der Waals surface area contributed by atoms with Crippen molar-refractivity contribution in [3.8, 4) is 11.3 Å². The van der Waals surface area contributed by atoms with E-state index in [0.717, 1.165) is 31.5 Å². The first kappa shape index (κ1) is 22.8. The number of oxazole rings is 1. The minimum Gasteiger partial charge on any atom is -0.441 e. The predicted octanol–water partition coefficient (Wildman–Crippen LogP) is 3.98. The Balaban J connectivity index is 0.00000169. The van der Waals surface area contributed by atoms with Crippen molar-refractivity contribution in [3.05, 3.63) is 41.4 Å². The molecule has 0 bridgehead atoms. The number of aromatic nitrogens is 1. The van der Waals surface area contributed by atoms with Gasteiger partial charge < -0.3 is 14.6 Å². The highest BCUT2D eigenvalue weighted by Gasteiger charge is 2.27. The lowest BCUT2D eigenvalue weighted by Gasteiger charge is -2.24. The number of rotatable bonds is 6. The molecule has 2 aromatic rings. The molecule has 1 aromatic heterocycles. The van der Waals surface area contributed by atoms with Crippen LogP contribution in [0.3, 0.4) is 0 Å². The molecule has 1 N–H and O–H groups in total. The number of carbonyl (C=O) groups excluding carboxylic acids is 1. The van der Waals surface area contributed by atoms with Gasteiger partial charge in [0.15, 0.2) is 11.7 Å². The van der Waals surface area contributed by atoms with Gasteiger partial charge in [-0.25, -0.2) is 4.98 Å². The molecule has 1 saturated heterocycles. The van der Waals surface area contributed by atoms with Gasteiger partial charge in [0.05, 0.1) is 11.2 Å². The third-order valence-corrected chi connectivity index (χ3v) is 4.71. The summed E-state index contributed by atoms with van der Waals surface area (Å²) in [5.74, 6) is 1.38. The summed E-state index contributed by atoms with van der Waals surface area (Å²) >= 11 is 6.17. The minimum atomic E-state index is 0. The third kappa shape index (κ3) is 5.36. The standard InChI is InChI=1S/C18H22ClN3O2.2ClH/c1-20-11-13-5-4-10-22(13)18(23)9-8-17-21-12-16(24-17)14-6-2-3-7-15(14)19;;/h2-3,6-7,12-13,20H,4-5,8-11H2,1H3;2*1H. The SMILES string of the molecule is CNCC1CCCN1C(=O)CCc1ncc(-c2ccccc2Cl)o1.Cl.Cl. The Labute approximate surface area is 171 Å². The lowest BCUT2D eigenvalue weighted by atomic mass is 10.2. The topological polar surface area (TPSA) is 58.4 Å². The molecule has 0 aliphatic carbocycles. The molecule has 1 amide bonds. The van der Waals surface area contributed by atoms with Gasteiger partial charge in [0, 0.05) is 37.5 Å². The number of likely N-dealkylation sites (tertiary alicyclic amines) is 1. The zero-order valence-electron chi connectivity index (χ0n) is 14.6. The highest BCUT2D eigenvalue weighted by Crippen LogP contribution is 2.28. The number of amides is 1. The van der Waals surface area contributed by atoms with Crippen molar-refractivity contribution in [2.24, 2.45) is 0 Å². The van der Waals surface area contributed by atoms with Crippen molar-refractivity contribution in [1.82, 2.24) is 15.2 Å². The number of carbonyl (C=O) groups is 1. The molecular formula is C18H24Cl3N3O2. The van der Waals surface area contributed by atoms with Crippen molar-refractivity contribution >= 4 is 42.3 Å². The minimum absolute atomic E-state index is 0. The summed E-state index contributed by atoms with van der Waals surface area (Å²) in [6.45, 7) is 1.70. The Hall–Kier alpha value is -1.27. The third-order valence-electron chi connectivity index (χ3n) is 4.38. The Morgan fingerprint density at radius 2 is 2.15 bits per heavy atom. The van der Waals surface area contributed by atoms with Crippen molar-refractivity contribution in [2.45, 2.75) is 31.7 Å². The molecule has 3 rings (SSSR count). The number of nitrogens with zero attached hydrogens (tertiary/aromatic N) is 2. The summed E-state index contributed by atoms with van der Waals surface area (Å²) in [6, 6.07) is 7.80. The molecule has 1 aromatic carbocycles. The molecule has 1 fully saturated rings. The van der Waals surface area contributed by atoms with E-state index in [1.54, 1.807) is 6.20 Å². The first-order chi connectivity index (χ1) is 11.7. The van der Waals surface area contributed by atoms with E-state index in [4.69, 9.17) is 16.0 Å². The zero-order chi connectivity index (χ0) is 16.9. The molecule has 5 nitrogen and oxygen atoms in total. The highest BCUT2D eigenvalue weighted by molar-refractivity contribution is 6.33. The van der Waals surface area contributed by atoms with E-state index in [0.29, 0.717) is 35.6 Å². The molecule has 1 unspecified atom stereocenters. The molecule has 1 aliphatic rings. The monoisotopic (exact) mass is 419 g/mol. The van der Waals surface area contributed by atoms with Crippen LogP contribution < -0.4 is 5.32 Å². The number of aryl methyl sites for hydroxylation is 1. The zero-order valence-corrected chi connectivity index (χ0v) is 17.0. The average Bonchev–Trinajstić information content (AvgIpc) is 3.23. The Morgan fingerprint density at radius 1 is 1.38 bits per heavy atom.